The SMILES string of the molecule is O=C(c1ccccc1)c1ccccc1.c1ccc(N(c2ccccc2)c2ccccc2)cc1. The number of rotatable bonds is 5. The van der Waals surface area contributed by atoms with Crippen molar-refractivity contribution in [2.45, 2.75) is 0 Å². The van der Waals surface area contributed by atoms with Gasteiger partial charge in [-0.15, -0.1) is 0 Å². The molecule has 5 rings (SSSR count). The lowest BCUT2D eigenvalue weighted by Gasteiger charge is -2.25. The Morgan fingerprint density at radius 3 is 0.879 bits per heavy atom. The molecule has 0 bridgehead atoms. The fourth-order valence-electron chi connectivity index (χ4n) is 3.52. The second kappa shape index (κ2) is 11.3. The summed E-state index contributed by atoms with van der Waals surface area (Å²) in [5.41, 5.74) is 4.97. The summed E-state index contributed by atoms with van der Waals surface area (Å²) in [6, 6.07) is 49.9. The van der Waals surface area contributed by atoms with Crippen LogP contribution in [0.2, 0.25) is 0 Å². The van der Waals surface area contributed by atoms with E-state index in [4.69, 9.17) is 0 Å². The number of ketones is 1. The van der Waals surface area contributed by atoms with Gasteiger partial charge in [0.1, 0.15) is 0 Å². The minimum absolute atomic E-state index is 0.0752. The first-order chi connectivity index (χ1) is 16.3. The Kier molecular flexibility index (Phi) is 7.44. The van der Waals surface area contributed by atoms with E-state index in [1.807, 2.05) is 78.9 Å². The molecule has 0 atom stereocenters. The maximum Gasteiger partial charge on any atom is 0.193 e. The van der Waals surface area contributed by atoms with Gasteiger partial charge >= 0.3 is 0 Å². The lowest BCUT2D eigenvalue weighted by molar-refractivity contribution is 0.103. The largest absolute Gasteiger partial charge is 0.311 e. The summed E-state index contributed by atoms with van der Waals surface area (Å²) >= 11 is 0. The van der Waals surface area contributed by atoms with Crippen LogP contribution in [0.1, 0.15) is 15.9 Å². The molecular formula is C31H25NO. The Labute approximate surface area is 195 Å². The smallest absolute Gasteiger partial charge is 0.193 e. The van der Waals surface area contributed by atoms with Crippen molar-refractivity contribution in [1.82, 2.24) is 0 Å². The summed E-state index contributed by atoms with van der Waals surface area (Å²) in [5, 5.41) is 0. The molecule has 0 aliphatic carbocycles. The highest BCUT2D eigenvalue weighted by Crippen LogP contribution is 2.33. The molecule has 0 spiro atoms. The number of carbonyl (C=O) groups is 1. The Morgan fingerprint density at radius 1 is 0.364 bits per heavy atom. The third-order valence-electron chi connectivity index (χ3n) is 5.12. The van der Waals surface area contributed by atoms with Crippen LogP contribution in [-0.2, 0) is 0 Å². The van der Waals surface area contributed by atoms with Gasteiger partial charge in [0.25, 0.3) is 0 Å². The van der Waals surface area contributed by atoms with Crippen molar-refractivity contribution in [1.29, 1.82) is 0 Å². The molecule has 0 radical (unpaired) electrons. The average Bonchev–Trinajstić information content (AvgIpc) is 2.92. The van der Waals surface area contributed by atoms with Crippen molar-refractivity contribution in [3.05, 3.63) is 163 Å². The summed E-state index contributed by atoms with van der Waals surface area (Å²) in [6.07, 6.45) is 0. The molecule has 2 heteroatoms. The highest BCUT2D eigenvalue weighted by atomic mass is 16.1. The van der Waals surface area contributed by atoms with Crippen LogP contribution in [-0.4, -0.2) is 5.78 Å². The molecule has 33 heavy (non-hydrogen) atoms. The van der Waals surface area contributed by atoms with Crippen molar-refractivity contribution in [3.8, 4) is 0 Å². The van der Waals surface area contributed by atoms with E-state index in [1.165, 1.54) is 17.1 Å². The molecule has 0 aliphatic heterocycles. The van der Waals surface area contributed by atoms with Gasteiger partial charge in [-0.1, -0.05) is 115 Å². The van der Waals surface area contributed by atoms with Crippen LogP contribution in [0, 0.1) is 0 Å². The van der Waals surface area contributed by atoms with Gasteiger partial charge < -0.3 is 4.90 Å². The van der Waals surface area contributed by atoms with E-state index in [2.05, 4.69) is 77.7 Å². The first kappa shape index (κ1) is 21.8. The fraction of sp³-hybridized carbons (Fsp3) is 0. The molecular weight excluding hydrogens is 402 g/mol. The number of para-hydroxylation sites is 3. The summed E-state index contributed by atoms with van der Waals surface area (Å²) in [7, 11) is 0. The van der Waals surface area contributed by atoms with Crippen molar-refractivity contribution in [3.63, 3.8) is 0 Å². The minimum atomic E-state index is 0.0752. The molecule has 0 N–H and O–H groups in total. The highest BCUT2D eigenvalue weighted by molar-refractivity contribution is 6.08. The van der Waals surface area contributed by atoms with Crippen molar-refractivity contribution in [2.75, 3.05) is 4.90 Å². The fourth-order valence-corrected chi connectivity index (χ4v) is 3.52. The summed E-state index contributed by atoms with van der Waals surface area (Å²) < 4.78 is 0. The Balaban J connectivity index is 0.000000165. The molecule has 0 saturated carbocycles. The number of hydrogen-bond acceptors (Lipinski definition) is 2. The van der Waals surface area contributed by atoms with E-state index in [1.54, 1.807) is 0 Å². The predicted octanol–water partition coefficient (Wildman–Crippen LogP) is 8.07. The normalized spacial score (nSPS) is 9.94. The summed E-state index contributed by atoms with van der Waals surface area (Å²) in [5.74, 6) is 0.0752. The van der Waals surface area contributed by atoms with Crippen LogP contribution in [0.25, 0.3) is 0 Å². The molecule has 5 aromatic rings. The Morgan fingerprint density at radius 2 is 0.606 bits per heavy atom. The third kappa shape index (κ3) is 5.84. The lowest BCUT2D eigenvalue weighted by Crippen LogP contribution is -2.09. The van der Waals surface area contributed by atoms with Gasteiger partial charge in [0.15, 0.2) is 5.78 Å². The second-order valence-electron chi connectivity index (χ2n) is 7.40. The first-order valence-corrected chi connectivity index (χ1v) is 10.9. The zero-order valence-corrected chi connectivity index (χ0v) is 18.3. The molecule has 0 amide bonds. The van der Waals surface area contributed by atoms with Crippen molar-refractivity contribution in [2.24, 2.45) is 0 Å². The maximum atomic E-state index is 11.8. The molecule has 0 saturated heterocycles. The summed E-state index contributed by atoms with van der Waals surface area (Å²) in [6.45, 7) is 0. The molecule has 0 aliphatic rings. The minimum Gasteiger partial charge on any atom is -0.311 e. The van der Waals surface area contributed by atoms with Crippen LogP contribution in [0.4, 0.5) is 17.1 Å². The summed E-state index contributed by atoms with van der Waals surface area (Å²) in [4.78, 5) is 14.1. The Bertz CT molecular complexity index is 1100. The van der Waals surface area contributed by atoms with Crippen molar-refractivity contribution < 1.29 is 4.79 Å². The van der Waals surface area contributed by atoms with E-state index < -0.39 is 0 Å². The Hall–Kier alpha value is -4.43. The molecule has 0 heterocycles. The van der Waals surface area contributed by atoms with E-state index >= 15 is 0 Å². The van der Waals surface area contributed by atoms with Gasteiger partial charge in [0.05, 0.1) is 0 Å². The van der Waals surface area contributed by atoms with Crippen molar-refractivity contribution >= 4 is 22.8 Å². The van der Waals surface area contributed by atoms with Gasteiger partial charge in [-0.25, -0.2) is 0 Å². The zero-order valence-electron chi connectivity index (χ0n) is 18.3. The van der Waals surface area contributed by atoms with E-state index in [0.717, 1.165) is 11.1 Å². The monoisotopic (exact) mass is 427 g/mol. The van der Waals surface area contributed by atoms with E-state index in [0.29, 0.717) is 0 Å². The quantitative estimate of drug-likeness (QED) is 0.264. The molecule has 0 fully saturated rings. The van der Waals surface area contributed by atoms with Crippen LogP contribution >= 0.6 is 0 Å². The maximum absolute atomic E-state index is 11.8. The molecule has 2 nitrogen and oxygen atoms in total. The second-order valence-corrected chi connectivity index (χ2v) is 7.40. The first-order valence-electron chi connectivity index (χ1n) is 10.9. The molecule has 0 unspecified atom stereocenters. The third-order valence-corrected chi connectivity index (χ3v) is 5.12. The average molecular weight is 428 g/mol. The zero-order chi connectivity index (χ0) is 22.7. The van der Waals surface area contributed by atoms with Gasteiger partial charge in [0.2, 0.25) is 0 Å². The van der Waals surface area contributed by atoms with Gasteiger partial charge in [-0.3, -0.25) is 4.79 Å². The topological polar surface area (TPSA) is 20.3 Å². The predicted molar refractivity (Wildman–Crippen MR) is 137 cm³/mol. The molecule has 160 valence electrons. The number of benzene rings is 5. The van der Waals surface area contributed by atoms with E-state index in [9.17, 15) is 4.79 Å². The van der Waals surface area contributed by atoms with Crippen LogP contribution in [0.5, 0.6) is 0 Å². The molecule has 0 aromatic heterocycles. The number of hydrogen-bond donors (Lipinski definition) is 0. The van der Waals surface area contributed by atoms with Gasteiger partial charge in [-0.2, -0.15) is 0 Å². The number of nitrogens with zero attached hydrogens (tertiary/aromatic N) is 1. The van der Waals surface area contributed by atoms with Crippen LogP contribution < -0.4 is 4.90 Å². The standard InChI is InChI=1S/C18H15N.C13H10O/c1-4-10-16(11-5-1)19(17-12-6-2-7-13-17)18-14-8-3-9-15-18;14-13(11-7-3-1-4-8-11)12-9-5-2-6-10-12/h1-15H;1-10H. The van der Waals surface area contributed by atoms with Gasteiger partial charge in [-0.05, 0) is 36.4 Å². The highest BCUT2D eigenvalue weighted by Gasteiger charge is 2.10. The number of carbonyl (C=O) groups excluding carboxylic acids is 1. The van der Waals surface area contributed by atoms with Crippen LogP contribution in [0.3, 0.4) is 0 Å². The lowest BCUT2D eigenvalue weighted by atomic mass is 10.0. The van der Waals surface area contributed by atoms with E-state index in [-0.39, 0.29) is 5.78 Å². The van der Waals surface area contributed by atoms with Crippen LogP contribution in [0.15, 0.2) is 152 Å². The number of anilines is 3. The molecule has 5 aromatic carbocycles. The van der Waals surface area contributed by atoms with Gasteiger partial charge in [0, 0.05) is 28.2 Å².